The zero-order valence-corrected chi connectivity index (χ0v) is 17.7. The Bertz CT molecular complexity index is 1060. The van der Waals surface area contributed by atoms with Crippen LogP contribution < -0.4 is 10.2 Å². The molecule has 4 rings (SSSR count). The Kier molecular flexibility index (Phi) is 5.85. The summed E-state index contributed by atoms with van der Waals surface area (Å²) in [5, 5.41) is 10.6. The molecule has 2 aromatic carbocycles. The molecule has 3 aromatic rings. The van der Waals surface area contributed by atoms with Crippen LogP contribution in [0, 0.1) is 0 Å². The number of amides is 2. The van der Waals surface area contributed by atoms with Gasteiger partial charge in [-0.15, -0.1) is 5.10 Å². The minimum atomic E-state index is -0.235. The Morgan fingerprint density at radius 2 is 1.97 bits per heavy atom. The monoisotopic (exact) mass is 421 g/mol. The van der Waals surface area contributed by atoms with Gasteiger partial charge in [0, 0.05) is 18.0 Å². The fourth-order valence-electron chi connectivity index (χ4n) is 3.50. The molecule has 0 saturated carbocycles. The normalized spacial score (nSPS) is 16.0. The first-order valence-electron chi connectivity index (χ1n) is 9.90. The molecule has 0 aliphatic carbocycles. The number of aromatic nitrogens is 3. The van der Waals surface area contributed by atoms with Crippen LogP contribution in [0.1, 0.15) is 25.8 Å². The van der Waals surface area contributed by atoms with E-state index in [9.17, 15) is 9.59 Å². The number of nitrogens with one attached hydrogen (secondary N) is 2. The van der Waals surface area contributed by atoms with Crippen LogP contribution in [0.25, 0.3) is 11.4 Å². The second-order valence-electron chi connectivity index (χ2n) is 7.19. The number of H-pyrrole nitrogens is 1. The molecule has 1 aliphatic rings. The summed E-state index contributed by atoms with van der Waals surface area (Å²) < 4.78 is 0. The van der Waals surface area contributed by atoms with Crippen molar-refractivity contribution in [2.75, 3.05) is 16.0 Å². The standard InChI is InChI=1S/C22H23N5O2S/c1-3-15-8-10-16(11-9-15)21-24-22(26-25-21)30-13-20(29)27-14(2)12-19(28)23-17-6-4-5-7-18(17)27/h4-11,14H,3,12-13H2,1-2H3,(H,23,28)(H,24,25,26)/t14-/m0/s1. The lowest BCUT2D eigenvalue weighted by Gasteiger charge is -2.27. The molecule has 2 heterocycles. The number of fused-ring (bicyclic) bond motifs is 1. The van der Waals surface area contributed by atoms with Crippen LogP contribution in [-0.4, -0.2) is 38.8 Å². The van der Waals surface area contributed by atoms with Gasteiger partial charge in [0.2, 0.25) is 17.0 Å². The maximum Gasteiger partial charge on any atom is 0.237 e. The summed E-state index contributed by atoms with van der Waals surface area (Å²) in [6.07, 6.45) is 1.24. The molecule has 7 nitrogen and oxygen atoms in total. The van der Waals surface area contributed by atoms with Gasteiger partial charge in [0.25, 0.3) is 0 Å². The highest BCUT2D eigenvalue weighted by molar-refractivity contribution is 7.99. The number of hydrogen-bond acceptors (Lipinski definition) is 5. The molecular formula is C22H23N5O2S. The minimum absolute atomic E-state index is 0.0879. The van der Waals surface area contributed by atoms with Crippen molar-refractivity contribution in [3.05, 3.63) is 54.1 Å². The van der Waals surface area contributed by atoms with Crippen LogP contribution in [-0.2, 0) is 16.0 Å². The number of aryl methyl sites for hydroxylation is 1. The smallest absolute Gasteiger partial charge is 0.237 e. The van der Waals surface area contributed by atoms with Crippen molar-refractivity contribution in [2.24, 2.45) is 0 Å². The summed E-state index contributed by atoms with van der Waals surface area (Å²) in [5.41, 5.74) is 3.59. The number of carbonyl (C=O) groups excluding carboxylic acids is 2. The quantitative estimate of drug-likeness (QED) is 0.610. The lowest BCUT2D eigenvalue weighted by Crippen LogP contribution is -2.40. The Hall–Kier alpha value is -3.13. The first kappa shape index (κ1) is 20.2. The van der Waals surface area contributed by atoms with Gasteiger partial charge in [-0.05, 0) is 31.0 Å². The zero-order chi connectivity index (χ0) is 21.1. The van der Waals surface area contributed by atoms with E-state index in [4.69, 9.17) is 0 Å². The van der Waals surface area contributed by atoms with Crippen LogP contribution in [0.15, 0.2) is 53.7 Å². The van der Waals surface area contributed by atoms with Gasteiger partial charge in [0.1, 0.15) is 0 Å². The Balaban J connectivity index is 1.47. The minimum Gasteiger partial charge on any atom is -0.324 e. The van der Waals surface area contributed by atoms with Crippen LogP contribution in [0.4, 0.5) is 11.4 Å². The maximum absolute atomic E-state index is 13.1. The van der Waals surface area contributed by atoms with Gasteiger partial charge in [-0.1, -0.05) is 55.1 Å². The van der Waals surface area contributed by atoms with E-state index in [0.717, 1.165) is 12.0 Å². The fourth-order valence-corrected chi connectivity index (χ4v) is 4.16. The van der Waals surface area contributed by atoms with Crippen molar-refractivity contribution in [1.82, 2.24) is 15.2 Å². The van der Waals surface area contributed by atoms with E-state index in [0.29, 0.717) is 22.4 Å². The van der Waals surface area contributed by atoms with E-state index in [2.05, 4.69) is 39.6 Å². The Morgan fingerprint density at radius 1 is 1.20 bits per heavy atom. The van der Waals surface area contributed by atoms with Crippen molar-refractivity contribution in [3.63, 3.8) is 0 Å². The molecule has 2 amide bonds. The second-order valence-corrected chi connectivity index (χ2v) is 8.13. The highest BCUT2D eigenvalue weighted by atomic mass is 32.2. The molecule has 1 aliphatic heterocycles. The van der Waals surface area contributed by atoms with Crippen LogP contribution in [0.2, 0.25) is 0 Å². The predicted molar refractivity (Wildman–Crippen MR) is 119 cm³/mol. The molecular weight excluding hydrogens is 398 g/mol. The average molecular weight is 422 g/mol. The molecule has 2 N–H and O–H groups in total. The number of anilines is 2. The highest BCUT2D eigenvalue weighted by Crippen LogP contribution is 2.32. The highest BCUT2D eigenvalue weighted by Gasteiger charge is 2.29. The topological polar surface area (TPSA) is 91.0 Å². The molecule has 0 radical (unpaired) electrons. The van der Waals surface area contributed by atoms with Crippen molar-refractivity contribution < 1.29 is 9.59 Å². The fraction of sp³-hybridized carbons (Fsp3) is 0.273. The summed E-state index contributed by atoms with van der Waals surface area (Å²) in [4.78, 5) is 31.4. The van der Waals surface area contributed by atoms with E-state index >= 15 is 0 Å². The predicted octanol–water partition coefficient (Wildman–Crippen LogP) is 3.89. The van der Waals surface area contributed by atoms with Crippen molar-refractivity contribution in [1.29, 1.82) is 0 Å². The first-order chi connectivity index (χ1) is 14.5. The molecule has 8 heteroatoms. The van der Waals surface area contributed by atoms with E-state index in [1.807, 2.05) is 43.3 Å². The molecule has 0 saturated heterocycles. The third-order valence-electron chi connectivity index (χ3n) is 5.05. The van der Waals surface area contributed by atoms with Crippen LogP contribution in [0.3, 0.4) is 0 Å². The summed E-state index contributed by atoms with van der Waals surface area (Å²) in [7, 11) is 0. The number of rotatable bonds is 5. The number of carbonyl (C=O) groups is 2. The molecule has 1 atom stereocenters. The summed E-state index contributed by atoms with van der Waals surface area (Å²) in [6, 6.07) is 15.3. The molecule has 30 heavy (non-hydrogen) atoms. The summed E-state index contributed by atoms with van der Waals surface area (Å²) >= 11 is 1.28. The van der Waals surface area contributed by atoms with E-state index in [1.54, 1.807) is 4.90 Å². The third kappa shape index (κ3) is 4.23. The lowest BCUT2D eigenvalue weighted by atomic mass is 10.1. The Morgan fingerprint density at radius 3 is 2.73 bits per heavy atom. The van der Waals surface area contributed by atoms with E-state index in [-0.39, 0.29) is 30.0 Å². The Labute approximate surface area is 179 Å². The van der Waals surface area contributed by atoms with Gasteiger partial charge in [-0.3, -0.25) is 14.7 Å². The molecule has 0 fully saturated rings. The largest absolute Gasteiger partial charge is 0.324 e. The SMILES string of the molecule is CCc1ccc(-c2nc(SCC(=O)N3c4ccccc4NC(=O)C[C@@H]3C)n[nH]2)cc1. The summed E-state index contributed by atoms with van der Waals surface area (Å²) in [5.74, 6) is 0.676. The average Bonchev–Trinajstić information content (AvgIpc) is 3.17. The van der Waals surface area contributed by atoms with Crippen molar-refractivity contribution in [2.45, 2.75) is 37.9 Å². The number of hydrogen-bond donors (Lipinski definition) is 2. The molecule has 0 unspecified atom stereocenters. The van der Waals surface area contributed by atoms with Gasteiger partial charge in [-0.25, -0.2) is 4.98 Å². The molecule has 0 spiro atoms. The van der Waals surface area contributed by atoms with Gasteiger partial charge in [-0.2, -0.15) is 0 Å². The second kappa shape index (κ2) is 8.71. The van der Waals surface area contributed by atoms with E-state index in [1.165, 1.54) is 17.3 Å². The van der Waals surface area contributed by atoms with Gasteiger partial charge in [0.15, 0.2) is 5.82 Å². The molecule has 154 valence electrons. The number of benzene rings is 2. The van der Waals surface area contributed by atoms with Crippen molar-refractivity contribution in [3.8, 4) is 11.4 Å². The number of thioether (sulfide) groups is 1. The van der Waals surface area contributed by atoms with Crippen LogP contribution in [0.5, 0.6) is 0 Å². The van der Waals surface area contributed by atoms with Gasteiger partial charge in [0.05, 0.1) is 17.1 Å². The van der Waals surface area contributed by atoms with Crippen LogP contribution >= 0.6 is 11.8 Å². The van der Waals surface area contributed by atoms with Crippen molar-refractivity contribution >= 4 is 35.0 Å². The van der Waals surface area contributed by atoms with Gasteiger partial charge < -0.3 is 10.2 Å². The lowest BCUT2D eigenvalue weighted by molar-refractivity contribution is -0.117. The summed E-state index contributed by atoms with van der Waals surface area (Å²) in [6.45, 7) is 4.00. The maximum atomic E-state index is 13.1. The van der Waals surface area contributed by atoms with E-state index < -0.39 is 0 Å². The number of para-hydroxylation sites is 2. The number of aromatic amines is 1. The molecule has 0 bridgehead atoms. The third-order valence-corrected chi connectivity index (χ3v) is 5.89. The first-order valence-corrected chi connectivity index (χ1v) is 10.9. The van der Waals surface area contributed by atoms with Gasteiger partial charge >= 0.3 is 0 Å². The zero-order valence-electron chi connectivity index (χ0n) is 16.9. The number of nitrogens with zero attached hydrogens (tertiary/aromatic N) is 3. The molecule has 1 aromatic heterocycles.